The quantitative estimate of drug-likeness (QED) is 0.706. The fraction of sp³-hybridized carbons (Fsp3) is 0.333. The second-order valence-electron chi connectivity index (χ2n) is 7.24. The van der Waals surface area contributed by atoms with Gasteiger partial charge in [-0.05, 0) is 36.4 Å². The number of methoxy groups -OCH3 is 2. The largest absolute Gasteiger partial charge is 0.497 e. The third-order valence-electron chi connectivity index (χ3n) is 5.10. The maximum absolute atomic E-state index is 12.9. The van der Waals surface area contributed by atoms with E-state index in [4.69, 9.17) is 9.47 Å². The summed E-state index contributed by atoms with van der Waals surface area (Å²) in [5, 5.41) is 3.41. The standard InChI is InChI=1S/C21H23N3O5S2/c1-28-15-9-7-14(8-10-15)24(21-23-17-12-31(26,27)13-19(17)30-21)11-20(25)22-16-5-3-4-6-18(16)29-2/h3-10,17,19H,11-13H2,1-2H3,(H,22,25)/t17-,19-/m1/s1. The van der Waals surface area contributed by atoms with Crippen molar-refractivity contribution in [3.05, 3.63) is 48.5 Å². The average molecular weight is 462 g/mol. The third kappa shape index (κ3) is 4.80. The first-order valence-electron chi connectivity index (χ1n) is 9.68. The van der Waals surface area contributed by atoms with E-state index in [1.807, 2.05) is 36.4 Å². The van der Waals surface area contributed by atoms with E-state index >= 15 is 0 Å². The number of amidine groups is 1. The first-order chi connectivity index (χ1) is 14.9. The molecule has 10 heteroatoms. The highest BCUT2D eigenvalue weighted by Crippen LogP contribution is 2.37. The Hall–Kier alpha value is -2.72. The average Bonchev–Trinajstić information content (AvgIpc) is 3.26. The Labute approximate surface area is 185 Å². The van der Waals surface area contributed by atoms with Crippen molar-refractivity contribution >= 4 is 44.0 Å². The molecular formula is C21H23N3O5S2. The molecule has 2 aromatic carbocycles. The fourth-order valence-electron chi connectivity index (χ4n) is 3.58. The Morgan fingerprint density at radius 1 is 1.13 bits per heavy atom. The normalized spacial score (nSPS) is 21.2. The van der Waals surface area contributed by atoms with Crippen LogP contribution in [0.25, 0.3) is 0 Å². The number of hydrogen-bond acceptors (Lipinski definition) is 8. The number of rotatable bonds is 6. The summed E-state index contributed by atoms with van der Waals surface area (Å²) in [5.74, 6) is 1.19. The summed E-state index contributed by atoms with van der Waals surface area (Å²) in [4.78, 5) is 19.4. The molecule has 0 saturated carbocycles. The molecule has 2 aliphatic heterocycles. The Balaban J connectivity index is 1.58. The molecule has 1 N–H and O–H groups in total. The van der Waals surface area contributed by atoms with Gasteiger partial charge in [0.05, 0.1) is 37.5 Å². The Bertz CT molecular complexity index is 1100. The summed E-state index contributed by atoms with van der Waals surface area (Å²) >= 11 is 1.41. The molecule has 4 rings (SSSR count). The molecule has 0 bridgehead atoms. The number of nitrogens with zero attached hydrogens (tertiary/aromatic N) is 2. The van der Waals surface area contributed by atoms with Gasteiger partial charge < -0.3 is 19.7 Å². The predicted octanol–water partition coefficient (Wildman–Crippen LogP) is 2.42. The molecule has 2 aliphatic rings. The highest BCUT2D eigenvalue weighted by molar-refractivity contribution is 8.15. The van der Waals surface area contributed by atoms with Crippen molar-refractivity contribution in [2.24, 2.45) is 4.99 Å². The van der Waals surface area contributed by atoms with Crippen molar-refractivity contribution in [1.29, 1.82) is 0 Å². The van der Waals surface area contributed by atoms with Crippen LogP contribution in [0.15, 0.2) is 53.5 Å². The minimum atomic E-state index is -3.06. The molecule has 164 valence electrons. The zero-order valence-electron chi connectivity index (χ0n) is 17.1. The Morgan fingerprint density at radius 3 is 2.55 bits per heavy atom. The predicted molar refractivity (Wildman–Crippen MR) is 123 cm³/mol. The van der Waals surface area contributed by atoms with Crippen LogP contribution >= 0.6 is 11.8 Å². The van der Waals surface area contributed by atoms with E-state index in [9.17, 15) is 13.2 Å². The summed E-state index contributed by atoms with van der Waals surface area (Å²) in [7, 11) is 0.0804. The van der Waals surface area contributed by atoms with Crippen LogP contribution in [0, 0.1) is 0 Å². The van der Waals surface area contributed by atoms with Gasteiger partial charge in [0, 0.05) is 10.9 Å². The van der Waals surface area contributed by atoms with E-state index in [-0.39, 0.29) is 35.2 Å². The zero-order valence-corrected chi connectivity index (χ0v) is 18.8. The van der Waals surface area contributed by atoms with Gasteiger partial charge in [-0.1, -0.05) is 23.9 Å². The van der Waals surface area contributed by atoms with E-state index in [1.165, 1.54) is 11.8 Å². The minimum absolute atomic E-state index is 0.0163. The third-order valence-corrected chi connectivity index (χ3v) is 8.35. The molecule has 8 nitrogen and oxygen atoms in total. The van der Waals surface area contributed by atoms with Gasteiger partial charge in [0.1, 0.15) is 18.0 Å². The molecule has 1 fully saturated rings. The first-order valence-corrected chi connectivity index (χ1v) is 12.4. The molecule has 0 aromatic heterocycles. The maximum Gasteiger partial charge on any atom is 0.244 e. The van der Waals surface area contributed by atoms with E-state index < -0.39 is 9.84 Å². The van der Waals surface area contributed by atoms with Crippen molar-refractivity contribution in [3.63, 3.8) is 0 Å². The van der Waals surface area contributed by atoms with Crippen LogP contribution in [0.4, 0.5) is 11.4 Å². The lowest BCUT2D eigenvalue weighted by Gasteiger charge is -2.24. The number of benzene rings is 2. The molecule has 2 heterocycles. The molecule has 0 aliphatic carbocycles. The lowest BCUT2D eigenvalue weighted by Crippen LogP contribution is -2.36. The van der Waals surface area contributed by atoms with Crippen LogP contribution in [0.3, 0.4) is 0 Å². The summed E-state index contributed by atoms with van der Waals surface area (Å²) in [6, 6.07) is 14.2. The van der Waals surface area contributed by atoms with Gasteiger partial charge in [-0.2, -0.15) is 0 Å². The number of hydrogen-bond donors (Lipinski definition) is 1. The van der Waals surface area contributed by atoms with E-state index in [0.29, 0.717) is 22.4 Å². The first kappa shape index (κ1) is 21.5. The fourth-order valence-corrected chi connectivity index (χ4v) is 7.36. The van der Waals surface area contributed by atoms with Gasteiger partial charge in [-0.15, -0.1) is 0 Å². The summed E-state index contributed by atoms with van der Waals surface area (Å²) in [6.07, 6.45) is 0. The van der Waals surface area contributed by atoms with Crippen molar-refractivity contribution < 1.29 is 22.7 Å². The van der Waals surface area contributed by atoms with E-state index in [0.717, 1.165) is 5.69 Å². The number of thioether (sulfide) groups is 1. The van der Waals surface area contributed by atoms with Gasteiger partial charge in [-0.25, -0.2) is 8.42 Å². The van der Waals surface area contributed by atoms with Crippen molar-refractivity contribution in [3.8, 4) is 11.5 Å². The number of anilines is 2. The number of carbonyl (C=O) groups excluding carboxylic acids is 1. The maximum atomic E-state index is 12.9. The SMILES string of the molecule is COc1ccc(N(CC(=O)Nc2ccccc2OC)C2=N[C@@H]3CS(=O)(=O)C[C@H]3S2)cc1. The van der Waals surface area contributed by atoms with Gasteiger partial charge in [0.15, 0.2) is 15.0 Å². The van der Waals surface area contributed by atoms with Gasteiger partial charge in [0.2, 0.25) is 5.91 Å². The number of sulfone groups is 1. The highest BCUT2D eigenvalue weighted by atomic mass is 32.2. The molecule has 0 unspecified atom stereocenters. The van der Waals surface area contributed by atoms with Crippen molar-refractivity contribution in [1.82, 2.24) is 0 Å². The Kier molecular flexibility index (Phi) is 6.10. The van der Waals surface area contributed by atoms with Crippen LogP contribution < -0.4 is 19.7 Å². The molecule has 2 aromatic rings. The number of amides is 1. The van der Waals surface area contributed by atoms with Crippen LogP contribution in [0.5, 0.6) is 11.5 Å². The van der Waals surface area contributed by atoms with Crippen LogP contribution in [0.2, 0.25) is 0 Å². The number of aliphatic imine (C=N–C) groups is 1. The Morgan fingerprint density at radius 2 is 1.87 bits per heavy atom. The minimum Gasteiger partial charge on any atom is -0.497 e. The molecule has 31 heavy (non-hydrogen) atoms. The number of fused-ring (bicyclic) bond motifs is 1. The number of nitrogens with one attached hydrogen (secondary N) is 1. The summed E-state index contributed by atoms with van der Waals surface area (Å²) in [5.41, 5.74) is 1.35. The number of carbonyl (C=O) groups is 1. The lowest BCUT2D eigenvalue weighted by molar-refractivity contribution is -0.114. The second-order valence-corrected chi connectivity index (χ2v) is 10.6. The second kappa shape index (κ2) is 8.80. The van der Waals surface area contributed by atoms with Gasteiger partial charge in [0.25, 0.3) is 0 Å². The number of ether oxygens (including phenoxy) is 2. The molecular weight excluding hydrogens is 438 g/mol. The molecule has 1 saturated heterocycles. The van der Waals surface area contributed by atoms with Crippen LogP contribution in [0.1, 0.15) is 0 Å². The summed E-state index contributed by atoms with van der Waals surface area (Å²) in [6.45, 7) is 0.0163. The van der Waals surface area contributed by atoms with E-state index in [2.05, 4.69) is 10.3 Å². The monoisotopic (exact) mass is 461 g/mol. The molecule has 2 atom stereocenters. The van der Waals surface area contributed by atoms with Gasteiger partial charge in [-0.3, -0.25) is 9.79 Å². The van der Waals surface area contributed by atoms with Crippen LogP contribution in [-0.2, 0) is 14.6 Å². The van der Waals surface area contributed by atoms with Crippen LogP contribution in [-0.4, -0.2) is 63.1 Å². The highest BCUT2D eigenvalue weighted by Gasteiger charge is 2.44. The smallest absolute Gasteiger partial charge is 0.244 e. The molecule has 0 spiro atoms. The lowest BCUT2D eigenvalue weighted by atomic mass is 10.2. The topological polar surface area (TPSA) is 97.3 Å². The van der Waals surface area contributed by atoms with Crippen molar-refractivity contribution in [2.45, 2.75) is 11.3 Å². The molecule has 1 amide bonds. The summed E-state index contributed by atoms with van der Waals surface area (Å²) < 4.78 is 34.4. The molecule has 0 radical (unpaired) electrons. The van der Waals surface area contributed by atoms with E-state index in [1.54, 1.807) is 31.3 Å². The van der Waals surface area contributed by atoms with Crippen molar-refractivity contribution in [2.75, 3.05) is 42.5 Å². The number of para-hydroxylation sites is 2. The van der Waals surface area contributed by atoms with Gasteiger partial charge >= 0.3 is 0 Å². The zero-order chi connectivity index (χ0) is 22.0.